The zero-order chi connectivity index (χ0) is 10.1. The second kappa shape index (κ2) is 3.35. The number of aryl methyl sites for hydroxylation is 1. The Morgan fingerprint density at radius 1 is 1.29 bits per heavy atom. The van der Waals surface area contributed by atoms with E-state index in [1.807, 2.05) is 31.2 Å². The molecular weight excluding hydrogens is 192 g/mol. The first-order valence-corrected chi connectivity index (χ1v) is 4.75. The summed E-state index contributed by atoms with van der Waals surface area (Å²) in [5.41, 5.74) is 7.45. The number of hydrogen-bond donors (Lipinski definition) is 1. The van der Waals surface area contributed by atoms with E-state index in [0.717, 1.165) is 16.3 Å². The third-order valence-corrected chi connectivity index (χ3v) is 2.42. The van der Waals surface area contributed by atoms with Crippen molar-refractivity contribution in [1.82, 2.24) is 4.98 Å². The molecule has 1 aromatic carbocycles. The smallest absolute Gasteiger partial charge is 0.123 e. The van der Waals surface area contributed by atoms with Crippen LogP contribution in [0.2, 0.25) is 0 Å². The fraction of sp³-hybridized carbons (Fsp3) is 0.0909. The number of nitrogens with zero attached hydrogens (tertiary/aromatic N) is 1. The summed E-state index contributed by atoms with van der Waals surface area (Å²) in [6.45, 7) is 2.03. The highest BCUT2D eigenvalue weighted by Crippen LogP contribution is 2.19. The molecule has 0 aliphatic rings. The van der Waals surface area contributed by atoms with Crippen molar-refractivity contribution in [2.24, 2.45) is 5.73 Å². The van der Waals surface area contributed by atoms with Gasteiger partial charge in [-0.25, -0.2) is 0 Å². The molecule has 2 nitrogen and oxygen atoms in total. The lowest BCUT2D eigenvalue weighted by molar-refractivity contribution is 1.28. The van der Waals surface area contributed by atoms with Crippen LogP contribution in [0.4, 0.5) is 0 Å². The maximum Gasteiger partial charge on any atom is 0.123 e. The van der Waals surface area contributed by atoms with Crippen molar-refractivity contribution in [3.05, 3.63) is 41.7 Å². The highest BCUT2D eigenvalue weighted by atomic mass is 32.1. The molecule has 1 heterocycles. The lowest BCUT2D eigenvalue weighted by Crippen LogP contribution is -2.12. The predicted molar refractivity (Wildman–Crippen MR) is 62.4 cm³/mol. The minimum Gasteiger partial charge on any atom is -0.388 e. The maximum atomic E-state index is 5.60. The van der Waals surface area contributed by atoms with Crippen LogP contribution >= 0.6 is 12.2 Å². The quantitative estimate of drug-likeness (QED) is 0.720. The van der Waals surface area contributed by atoms with Crippen LogP contribution in [-0.2, 0) is 0 Å². The van der Waals surface area contributed by atoms with Gasteiger partial charge in [0.05, 0.1) is 0 Å². The zero-order valence-corrected chi connectivity index (χ0v) is 8.64. The molecule has 0 aliphatic carbocycles. The molecule has 3 heteroatoms. The Hall–Kier alpha value is -1.48. The van der Waals surface area contributed by atoms with E-state index in [1.165, 1.54) is 0 Å². The van der Waals surface area contributed by atoms with Crippen LogP contribution in [0.5, 0.6) is 0 Å². The van der Waals surface area contributed by atoms with Gasteiger partial charge < -0.3 is 5.73 Å². The highest BCUT2D eigenvalue weighted by molar-refractivity contribution is 7.80. The first-order valence-electron chi connectivity index (χ1n) is 4.34. The van der Waals surface area contributed by atoms with Crippen LogP contribution in [0.3, 0.4) is 0 Å². The normalized spacial score (nSPS) is 10.4. The van der Waals surface area contributed by atoms with Crippen LogP contribution in [-0.4, -0.2) is 9.97 Å². The van der Waals surface area contributed by atoms with Crippen molar-refractivity contribution < 1.29 is 0 Å². The average Bonchev–Trinajstić information content (AvgIpc) is 2.18. The van der Waals surface area contributed by atoms with Crippen LogP contribution < -0.4 is 5.73 Å². The van der Waals surface area contributed by atoms with Crippen molar-refractivity contribution in [3.8, 4) is 0 Å². The van der Waals surface area contributed by atoms with Gasteiger partial charge in [-0.3, -0.25) is 4.98 Å². The molecule has 2 rings (SSSR count). The van der Waals surface area contributed by atoms with E-state index >= 15 is 0 Å². The van der Waals surface area contributed by atoms with E-state index in [4.69, 9.17) is 18.0 Å². The molecule has 2 N–H and O–H groups in total. The molecule has 0 saturated carbocycles. The van der Waals surface area contributed by atoms with E-state index in [2.05, 4.69) is 4.98 Å². The summed E-state index contributed by atoms with van der Waals surface area (Å²) >= 11 is 4.95. The monoisotopic (exact) mass is 202 g/mol. The number of hydrogen-bond acceptors (Lipinski definition) is 2. The number of aromatic nitrogens is 1. The zero-order valence-electron chi connectivity index (χ0n) is 7.82. The van der Waals surface area contributed by atoms with E-state index in [0.29, 0.717) is 10.7 Å². The molecule has 0 unspecified atom stereocenters. The van der Waals surface area contributed by atoms with Gasteiger partial charge in [-0.05, 0) is 17.9 Å². The summed E-state index contributed by atoms with van der Waals surface area (Å²) in [5.74, 6) is 0. The summed E-state index contributed by atoms with van der Waals surface area (Å²) in [4.78, 5) is 4.59. The maximum absolute atomic E-state index is 5.60. The fourth-order valence-electron chi connectivity index (χ4n) is 1.53. The molecule has 0 atom stereocenters. The number of nitrogens with two attached hydrogens (primary N) is 1. The number of fused-ring (bicyclic) bond motifs is 1. The Bertz CT molecular complexity index is 506. The van der Waals surface area contributed by atoms with Gasteiger partial charge in [0, 0.05) is 11.6 Å². The summed E-state index contributed by atoms with van der Waals surface area (Å²) < 4.78 is 0. The lowest BCUT2D eigenvalue weighted by atomic mass is 10.1. The van der Waals surface area contributed by atoms with Crippen molar-refractivity contribution in [2.45, 2.75) is 6.92 Å². The predicted octanol–water partition coefficient (Wildman–Crippen LogP) is 2.18. The summed E-state index contributed by atoms with van der Waals surface area (Å²) in [6.07, 6.45) is 1.80. The van der Waals surface area contributed by atoms with Gasteiger partial charge in [0.15, 0.2) is 0 Å². The Morgan fingerprint density at radius 2 is 1.93 bits per heavy atom. The molecule has 0 radical (unpaired) electrons. The summed E-state index contributed by atoms with van der Waals surface area (Å²) in [5, 5.41) is 2.19. The largest absolute Gasteiger partial charge is 0.388 e. The Morgan fingerprint density at radius 3 is 2.57 bits per heavy atom. The SMILES string of the molecule is Cc1cnc(C(N)=S)c2ccccc12. The van der Waals surface area contributed by atoms with E-state index < -0.39 is 0 Å². The van der Waals surface area contributed by atoms with Gasteiger partial charge in [0.25, 0.3) is 0 Å². The van der Waals surface area contributed by atoms with Crippen molar-refractivity contribution >= 4 is 28.0 Å². The van der Waals surface area contributed by atoms with E-state index in [1.54, 1.807) is 6.20 Å². The average molecular weight is 202 g/mol. The van der Waals surface area contributed by atoms with Gasteiger partial charge in [-0.15, -0.1) is 0 Å². The second-order valence-corrected chi connectivity index (χ2v) is 3.64. The van der Waals surface area contributed by atoms with Gasteiger partial charge >= 0.3 is 0 Å². The van der Waals surface area contributed by atoms with Crippen molar-refractivity contribution in [2.75, 3.05) is 0 Å². The molecule has 2 aromatic rings. The first-order chi connectivity index (χ1) is 6.70. The van der Waals surface area contributed by atoms with Crippen molar-refractivity contribution in [3.63, 3.8) is 0 Å². The number of thiocarbonyl (C=S) groups is 1. The van der Waals surface area contributed by atoms with Gasteiger partial charge in [0.2, 0.25) is 0 Å². The van der Waals surface area contributed by atoms with Gasteiger partial charge in [-0.2, -0.15) is 0 Å². The summed E-state index contributed by atoms with van der Waals surface area (Å²) in [7, 11) is 0. The van der Waals surface area contributed by atoms with Crippen molar-refractivity contribution in [1.29, 1.82) is 0 Å². The third-order valence-electron chi connectivity index (χ3n) is 2.23. The standard InChI is InChI=1S/C11H10N2S/c1-7-6-13-10(11(12)14)9-5-3-2-4-8(7)9/h2-6H,1H3,(H2,12,14). The molecule has 0 spiro atoms. The van der Waals surface area contributed by atoms with Crippen LogP contribution in [0.15, 0.2) is 30.5 Å². The minimum atomic E-state index is 0.348. The number of benzene rings is 1. The van der Waals surface area contributed by atoms with Gasteiger partial charge in [0.1, 0.15) is 10.7 Å². The molecule has 0 bridgehead atoms. The molecule has 0 aliphatic heterocycles. The topological polar surface area (TPSA) is 38.9 Å². The molecule has 0 fully saturated rings. The molecular formula is C11H10N2S. The van der Waals surface area contributed by atoms with E-state index in [-0.39, 0.29) is 0 Å². The molecule has 70 valence electrons. The third kappa shape index (κ3) is 1.36. The summed E-state index contributed by atoms with van der Waals surface area (Å²) in [6, 6.07) is 8.00. The minimum absolute atomic E-state index is 0.348. The molecule has 0 amide bonds. The second-order valence-electron chi connectivity index (χ2n) is 3.20. The Balaban J connectivity index is 2.88. The van der Waals surface area contributed by atoms with Crippen LogP contribution in [0.25, 0.3) is 10.8 Å². The Labute approximate surface area is 87.8 Å². The molecule has 0 saturated heterocycles. The number of rotatable bonds is 1. The van der Waals surface area contributed by atoms with Crippen LogP contribution in [0.1, 0.15) is 11.3 Å². The van der Waals surface area contributed by atoms with Crippen LogP contribution in [0, 0.1) is 6.92 Å². The molecule has 1 aromatic heterocycles. The highest BCUT2D eigenvalue weighted by Gasteiger charge is 2.05. The molecule has 14 heavy (non-hydrogen) atoms. The van der Waals surface area contributed by atoms with E-state index in [9.17, 15) is 0 Å². The van der Waals surface area contributed by atoms with Gasteiger partial charge in [-0.1, -0.05) is 36.5 Å². The Kier molecular flexibility index (Phi) is 2.17. The fourth-order valence-corrected chi connectivity index (χ4v) is 1.69. The first kappa shape index (κ1) is 9.09. The lowest BCUT2D eigenvalue weighted by Gasteiger charge is -2.05. The number of pyridine rings is 1.